The predicted octanol–water partition coefficient (Wildman–Crippen LogP) is 4.99. The minimum atomic E-state index is -4.10. The van der Waals surface area contributed by atoms with Crippen LogP contribution in [0, 0.1) is 0 Å². The van der Waals surface area contributed by atoms with Gasteiger partial charge in [-0.25, -0.2) is 8.42 Å². The van der Waals surface area contributed by atoms with Crippen molar-refractivity contribution in [2.24, 2.45) is 0 Å². The number of ether oxygens (including phenoxy) is 1. The molecule has 3 rings (SSSR count). The summed E-state index contributed by atoms with van der Waals surface area (Å²) >= 11 is 3.38. The van der Waals surface area contributed by atoms with Crippen molar-refractivity contribution in [1.82, 2.24) is 10.2 Å². The lowest BCUT2D eigenvalue weighted by Crippen LogP contribution is -2.52. The maximum Gasteiger partial charge on any atom is 0.264 e. The lowest BCUT2D eigenvalue weighted by Gasteiger charge is -2.33. The van der Waals surface area contributed by atoms with Crippen molar-refractivity contribution in [2.45, 2.75) is 44.2 Å². The van der Waals surface area contributed by atoms with Gasteiger partial charge in [0.15, 0.2) is 0 Å². The number of methoxy groups -OCH3 is 1. The highest BCUT2D eigenvalue weighted by molar-refractivity contribution is 9.10. The Kier molecular flexibility index (Phi) is 10.9. The number of rotatable bonds is 13. The zero-order valence-electron chi connectivity index (χ0n) is 22.3. The van der Waals surface area contributed by atoms with Gasteiger partial charge in [0, 0.05) is 17.6 Å². The van der Waals surface area contributed by atoms with E-state index >= 15 is 0 Å². The van der Waals surface area contributed by atoms with E-state index in [1.54, 1.807) is 61.7 Å². The Morgan fingerprint density at radius 2 is 1.67 bits per heavy atom. The number of benzene rings is 3. The molecule has 3 aromatic rings. The van der Waals surface area contributed by atoms with Crippen LogP contribution in [0.15, 0.2) is 88.2 Å². The summed E-state index contributed by atoms with van der Waals surface area (Å²) in [6.45, 7) is 3.87. The summed E-state index contributed by atoms with van der Waals surface area (Å²) in [4.78, 5) is 28.7. The fraction of sp³-hybridized carbons (Fsp3) is 0.310. The number of nitrogens with zero attached hydrogens (tertiary/aromatic N) is 2. The molecule has 0 aromatic heterocycles. The van der Waals surface area contributed by atoms with E-state index < -0.39 is 28.5 Å². The second kappa shape index (κ2) is 14.1. The third kappa shape index (κ3) is 7.83. The second-order valence-electron chi connectivity index (χ2n) is 8.89. The molecule has 0 bridgehead atoms. The summed E-state index contributed by atoms with van der Waals surface area (Å²) < 4.78 is 34.8. The zero-order chi connectivity index (χ0) is 28.4. The van der Waals surface area contributed by atoms with E-state index in [0.717, 1.165) is 20.8 Å². The van der Waals surface area contributed by atoms with Crippen molar-refractivity contribution in [2.75, 3.05) is 24.5 Å². The molecule has 0 saturated heterocycles. The maximum absolute atomic E-state index is 14.0. The Bertz CT molecular complexity index is 1350. The first-order valence-corrected chi connectivity index (χ1v) is 15.0. The van der Waals surface area contributed by atoms with Crippen LogP contribution in [0.4, 0.5) is 5.69 Å². The molecule has 208 valence electrons. The monoisotopic (exact) mass is 615 g/mol. The Labute approximate surface area is 239 Å². The van der Waals surface area contributed by atoms with Crippen LogP contribution in [-0.2, 0) is 26.2 Å². The number of sulfonamides is 1. The standard InChI is InChI=1S/C29H34BrN3O5S/c1-4-18-31-29(35)27(5-2)32(20-22-10-9-11-25(19-22)38-3)28(34)21-33(24-16-14-23(30)15-17-24)39(36,37)26-12-7-6-8-13-26/h6-17,19,27H,4-5,18,20-21H2,1-3H3,(H,31,35)/t27-/m0/s1. The van der Waals surface area contributed by atoms with Crippen LogP contribution in [0.5, 0.6) is 5.75 Å². The van der Waals surface area contributed by atoms with Gasteiger partial charge in [-0.1, -0.05) is 60.1 Å². The van der Waals surface area contributed by atoms with Gasteiger partial charge in [-0.05, 0) is 66.9 Å². The van der Waals surface area contributed by atoms with Gasteiger partial charge in [0.1, 0.15) is 18.3 Å². The summed E-state index contributed by atoms with van der Waals surface area (Å²) in [5.41, 5.74) is 1.09. The number of halogens is 1. The molecule has 0 aliphatic carbocycles. The van der Waals surface area contributed by atoms with Crippen LogP contribution in [0.25, 0.3) is 0 Å². The van der Waals surface area contributed by atoms with Gasteiger partial charge >= 0.3 is 0 Å². The molecule has 0 aliphatic rings. The average Bonchev–Trinajstić information content (AvgIpc) is 2.95. The Morgan fingerprint density at radius 3 is 2.28 bits per heavy atom. The first kappa shape index (κ1) is 30.2. The van der Waals surface area contributed by atoms with Crippen LogP contribution < -0.4 is 14.4 Å². The largest absolute Gasteiger partial charge is 0.497 e. The minimum absolute atomic E-state index is 0.0628. The van der Waals surface area contributed by atoms with Crippen molar-refractivity contribution in [3.05, 3.63) is 88.9 Å². The van der Waals surface area contributed by atoms with E-state index in [4.69, 9.17) is 4.74 Å². The molecule has 1 atom stereocenters. The topological polar surface area (TPSA) is 96.0 Å². The van der Waals surface area contributed by atoms with Gasteiger partial charge < -0.3 is 15.0 Å². The molecule has 0 heterocycles. The van der Waals surface area contributed by atoms with Crippen LogP contribution in [0.2, 0.25) is 0 Å². The van der Waals surface area contributed by atoms with Crippen LogP contribution in [0.1, 0.15) is 32.3 Å². The zero-order valence-corrected chi connectivity index (χ0v) is 24.7. The molecule has 0 spiro atoms. The first-order valence-electron chi connectivity index (χ1n) is 12.7. The molecule has 1 N–H and O–H groups in total. The molecule has 8 nitrogen and oxygen atoms in total. The van der Waals surface area contributed by atoms with E-state index in [1.165, 1.54) is 17.0 Å². The maximum atomic E-state index is 14.0. The molecule has 0 fully saturated rings. The number of hydrogen-bond donors (Lipinski definition) is 1. The highest BCUT2D eigenvalue weighted by atomic mass is 79.9. The molecule has 39 heavy (non-hydrogen) atoms. The number of hydrogen-bond acceptors (Lipinski definition) is 5. The molecule has 0 unspecified atom stereocenters. The summed E-state index contributed by atoms with van der Waals surface area (Å²) in [5, 5.41) is 2.88. The van der Waals surface area contributed by atoms with Crippen molar-refractivity contribution < 1.29 is 22.7 Å². The summed E-state index contributed by atoms with van der Waals surface area (Å²) in [6.07, 6.45) is 1.10. The summed E-state index contributed by atoms with van der Waals surface area (Å²) in [6, 6.07) is 21.1. The van der Waals surface area contributed by atoms with Crippen LogP contribution in [0.3, 0.4) is 0 Å². The fourth-order valence-corrected chi connectivity index (χ4v) is 5.81. The molecular weight excluding hydrogens is 582 g/mol. The average molecular weight is 617 g/mol. The lowest BCUT2D eigenvalue weighted by molar-refractivity contribution is -0.140. The van der Waals surface area contributed by atoms with E-state index in [-0.39, 0.29) is 17.3 Å². The van der Waals surface area contributed by atoms with Gasteiger partial charge in [-0.2, -0.15) is 0 Å². The SMILES string of the molecule is CCCNC(=O)[C@H](CC)N(Cc1cccc(OC)c1)C(=O)CN(c1ccc(Br)cc1)S(=O)(=O)c1ccccc1. The molecule has 0 radical (unpaired) electrons. The van der Waals surface area contributed by atoms with Gasteiger partial charge in [-0.3, -0.25) is 13.9 Å². The summed E-state index contributed by atoms with van der Waals surface area (Å²) in [7, 11) is -2.54. The molecule has 0 aliphatic heterocycles. The number of amides is 2. The first-order chi connectivity index (χ1) is 18.7. The van der Waals surface area contributed by atoms with E-state index in [1.807, 2.05) is 26.0 Å². The highest BCUT2D eigenvalue weighted by Crippen LogP contribution is 2.26. The minimum Gasteiger partial charge on any atom is -0.497 e. The molecule has 0 saturated carbocycles. The van der Waals surface area contributed by atoms with Crippen LogP contribution in [-0.4, -0.2) is 51.4 Å². The smallest absolute Gasteiger partial charge is 0.264 e. The number of carbonyl (C=O) groups is 2. The van der Waals surface area contributed by atoms with Crippen molar-refractivity contribution in [3.63, 3.8) is 0 Å². The van der Waals surface area contributed by atoms with E-state index in [2.05, 4.69) is 21.2 Å². The Morgan fingerprint density at radius 1 is 0.974 bits per heavy atom. The molecule has 2 amide bonds. The number of carbonyl (C=O) groups excluding carboxylic acids is 2. The quantitative estimate of drug-likeness (QED) is 0.292. The third-order valence-corrected chi connectivity index (χ3v) is 8.46. The van der Waals surface area contributed by atoms with Gasteiger partial charge in [0.2, 0.25) is 11.8 Å². The highest BCUT2D eigenvalue weighted by Gasteiger charge is 2.33. The van der Waals surface area contributed by atoms with E-state index in [0.29, 0.717) is 24.4 Å². The molecular formula is C29H34BrN3O5S. The fourth-order valence-electron chi connectivity index (χ4n) is 4.11. The number of anilines is 1. The predicted molar refractivity (Wildman–Crippen MR) is 156 cm³/mol. The molecule has 3 aromatic carbocycles. The normalized spacial score (nSPS) is 11.9. The third-order valence-electron chi connectivity index (χ3n) is 6.15. The van der Waals surface area contributed by atoms with Gasteiger partial charge in [0.05, 0.1) is 17.7 Å². The van der Waals surface area contributed by atoms with Crippen molar-refractivity contribution in [1.29, 1.82) is 0 Å². The second-order valence-corrected chi connectivity index (χ2v) is 11.7. The van der Waals surface area contributed by atoms with Crippen molar-refractivity contribution >= 4 is 43.5 Å². The molecule has 10 heteroatoms. The van der Waals surface area contributed by atoms with Crippen molar-refractivity contribution in [3.8, 4) is 5.75 Å². The van der Waals surface area contributed by atoms with E-state index in [9.17, 15) is 18.0 Å². The van der Waals surface area contributed by atoms with Gasteiger partial charge in [0.25, 0.3) is 10.0 Å². The number of nitrogens with one attached hydrogen (secondary N) is 1. The van der Waals surface area contributed by atoms with Crippen LogP contribution >= 0.6 is 15.9 Å². The van der Waals surface area contributed by atoms with Gasteiger partial charge in [-0.15, -0.1) is 0 Å². The Hall–Kier alpha value is -3.37. The Balaban J connectivity index is 2.04. The summed E-state index contributed by atoms with van der Waals surface area (Å²) in [5.74, 6) is -0.165. The lowest BCUT2D eigenvalue weighted by atomic mass is 10.1.